The van der Waals surface area contributed by atoms with Gasteiger partial charge < -0.3 is 14.2 Å². The number of benzene rings is 1. The van der Waals surface area contributed by atoms with Crippen molar-refractivity contribution in [2.75, 3.05) is 13.4 Å². The van der Waals surface area contributed by atoms with Crippen molar-refractivity contribution in [3.05, 3.63) is 29.5 Å². The number of nitrogens with zero attached hydrogens (tertiary/aromatic N) is 2. The van der Waals surface area contributed by atoms with Gasteiger partial charge in [0.25, 0.3) is 0 Å². The quantitative estimate of drug-likeness (QED) is 0.803. The van der Waals surface area contributed by atoms with Gasteiger partial charge in [0, 0.05) is 12.6 Å². The average Bonchev–Trinajstić information content (AvgIpc) is 3.10. The van der Waals surface area contributed by atoms with E-state index in [4.69, 9.17) is 9.47 Å². The lowest BCUT2D eigenvalue weighted by Gasteiger charge is -2.12. The molecular formula is C15H13F3N2O4. The number of para-hydroxylation sites is 1. The number of fused-ring (bicyclic) bond motifs is 1. The molecule has 1 aliphatic rings. The zero-order chi connectivity index (χ0) is 17.5. The van der Waals surface area contributed by atoms with Crippen molar-refractivity contribution in [3.8, 4) is 22.8 Å². The number of esters is 1. The maximum absolute atomic E-state index is 13.6. The van der Waals surface area contributed by atoms with Crippen LogP contribution in [0.25, 0.3) is 11.3 Å². The highest BCUT2D eigenvalue weighted by Gasteiger charge is 2.43. The first-order chi connectivity index (χ1) is 11.3. The summed E-state index contributed by atoms with van der Waals surface area (Å²) in [4.78, 5) is 11.9. The Morgan fingerprint density at radius 3 is 2.79 bits per heavy atom. The molecule has 0 N–H and O–H groups in total. The number of hydrogen-bond acceptors (Lipinski definition) is 5. The van der Waals surface area contributed by atoms with E-state index in [1.54, 1.807) is 12.1 Å². The van der Waals surface area contributed by atoms with Crippen molar-refractivity contribution < 1.29 is 32.2 Å². The molecule has 1 aliphatic heterocycles. The Balaban J connectivity index is 2.26. The van der Waals surface area contributed by atoms with E-state index in [9.17, 15) is 18.0 Å². The molecule has 0 unspecified atom stereocenters. The number of alkyl halides is 3. The molecule has 0 saturated carbocycles. The van der Waals surface area contributed by atoms with E-state index in [2.05, 4.69) is 9.84 Å². The highest BCUT2D eigenvalue weighted by Crippen LogP contribution is 2.46. The van der Waals surface area contributed by atoms with Gasteiger partial charge in [-0.3, -0.25) is 4.68 Å². The van der Waals surface area contributed by atoms with Crippen molar-refractivity contribution in [2.24, 2.45) is 7.05 Å². The summed E-state index contributed by atoms with van der Waals surface area (Å²) < 4.78 is 57.0. The molecule has 0 atom stereocenters. The molecule has 128 valence electrons. The fourth-order valence-electron chi connectivity index (χ4n) is 2.56. The number of rotatable bonds is 3. The molecule has 1 aromatic carbocycles. The fourth-order valence-corrected chi connectivity index (χ4v) is 2.56. The molecule has 0 bridgehead atoms. The number of aromatic nitrogens is 2. The minimum absolute atomic E-state index is 0.0558. The van der Waals surface area contributed by atoms with Gasteiger partial charge in [-0.25, -0.2) is 4.79 Å². The third-order valence-corrected chi connectivity index (χ3v) is 3.45. The summed E-state index contributed by atoms with van der Waals surface area (Å²) >= 11 is 0. The van der Waals surface area contributed by atoms with E-state index in [-0.39, 0.29) is 30.4 Å². The molecule has 2 heterocycles. The minimum Gasteiger partial charge on any atom is -0.461 e. The first kappa shape index (κ1) is 16.2. The summed E-state index contributed by atoms with van der Waals surface area (Å²) in [5.74, 6) is -0.614. The van der Waals surface area contributed by atoms with E-state index in [1.807, 2.05) is 0 Å². The van der Waals surface area contributed by atoms with Gasteiger partial charge in [-0.2, -0.15) is 18.3 Å². The SMILES string of the molecule is CCOC(=O)c1nn(C)c(-c2cccc3c2OCO3)c1C(F)(F)F. The van der Waals surface area contributed by atoms with Gasteiger partial charge in [-0.15, -0.1) is 0 Å². The van der Waals surface area contributed by atoms with E-state index < -0.39 is 23.4 Å². The standard InChI is InChI=1S/C15H13F3N2O4/c1-3-22-14(21)11-10(15(16,17)18)12(20(2)19-11)8-5-4-6-9-13(8)24-7-23-9/h4-6H,3,7H2,1-2H3. The lowest BCUT2D eigenvalue weighted by atomic mass is 10.0. The summed E-state index contributed by atoms with van der Waals surface area (Å²) in [6.07, 6.45) is -4.80. The molecule has 6 nitrogen and oxygen atoms in total. The van der Waals surface area contributed by atoms with E-state index >= 15 is 0 Å². The van der Waals surface area contributed by atoms with Crippen molar-refractivity contribution >= 4 is 5.97 Å². The molecule has 24 heavy (non-hydrogen) atoms. The Kier molecular flexibility index (Phi) is 3.86. The number of ether oxygens (including phenoxy) is 3. The number of carbonyl (C=O) groups is 1. The third kappa shape index (κ3) is 2.55. The second kappa shape index (κ2) is 5.73. The normalized spacial score (nSPS) is 13.2. The second-order valence-corrected chi connectivity index (χ2v) is 4.95. The number of hydrogen-bond donors (Lipinski definition) is 0. The van der Waals surface area contributed by atoms with E-state index in [1.165, 1.54) is 20.0 Å². The van der Waals surface area contributed by atoms with Gasteiger partial charge in [0.2, 0.25) is 6.79 Å². The van der Waals surface area contributed by atoms with Crippen molar-refractivity contribution in [1.82, 2.24) is 9.78 Å². The zero-order valence-corrected chi connectivity index (χ0v) is 12.8. The van der Waals surface area contributed by atoms with E-state index in [0.29, 0.717) is 5.75 Å². The van der Waals surface area contributed by atoms with Crippen molar-refractivity contribution in [1.29, 1.82) is 0 Å². The van der Waals surface area contributed by atoms with Gasteiger partial charge in [-0.1, -0.05) is 6.07 Å². The van der Waals surface area contributed by atoms with Crippen LogP contribution in [0.15, 0.2) is 18.2 Å². The fraction of sp³-hybridized carbons (Fsp3) is 0.333. The summed E-state index contributed by atoms with van der Waals surface area (Å²) in [6.45, 7) is 1.36. The van der Waals surface area contributed by atoms with Gasteiger partial charge in [-0.05, 0) is 19.1 Å². The maximum Gasteiger partial charge on any atom is 0.420 e. The molecule has 2 aromatic rings. The molecule has 3 rings (SSSR count). The molecule has 0 spiro atoms. The van der Waals surface area contributed by atoms with Crippen LogP contribution >= 0.6 is 0 Å². The summed E-state index contributed by atoms with van der Waals surface area (Å²) in [7, 11) is 1.32. The maximum atomic E-state index is 13.6. The van der Waals surface area contributed by atoms with Crippen LogP contribution in [0.3, 0.4) is 0 Å². The predicted molar refractivity (Wildman–Crippen MR) is 75.7 cm³/mol. The molecule has 0 amide bonds. The Bertz CT molecular complexity index is 799. The predicted octanol–water partition coefficient (Wildman–Crippen LogP) is 3.01. The molecule has 1 aromatic heterocycles. The topological polar surface area (TPSA) is 62.6 Å². The van der Waals surface area contributed by atoms with Gasteiger partial charge in [0.15, 0.2) is 17.2 Å². The van der Waals surface area contributed by atoms with Crippen LogP contribution in [0.4, 0.5) is 13.2 Å². The zero-order valence-electron chi connectivity index (χ0n) is 12.8. The van der Waals surface area contributed by atoms with Crippen LogP contribution in [0, 0.1) is 0 Å². The number of carbonyl (C=O) groups excluding carboxylic acids is 1. The van der Waals surface area contributed by atoms with Crippen LogP contribution in [0.1, 0.15) is 23.0 Å². The molecule has 0 fully saturated rings. The van der Waals surface area contributed by atoms with E-state index in [0.717, 1.165) is 4.68 Å². The largest absolute Gasteiger partial charge is 0.461 e. The Labute approximate surface area is 134 Å². The monoisotopic (exact) mass is 342 g/mol. The lowest BCUT2D eigenvalue weighted by molar-refractivity contribution is -0.137. The van der Waals surface area contributed by atoms with Crippen LogP contribution in [0.2, 0.25) is 0 Å². The summed E-state index contributed by atoms with van der Waals surface area (Å²) in [5, 5.41) is 3.72. The molecule has 0 saturated heterocycles. The van der Waals surface area contributed by atoms with Crippen molar-refractivity contribution in [2.45, 2.75) is 13.1 Å². The van der Waals surface area contributed by atoms with Gasteiger partial charge >= 0.3 is 12.1 Å². The van der Waals surface area contributed by atoms with Crippen LogP contribution in [-0.2, 0) is 18.0 Å². The van der Waals surface area contributed by atoms with Gasteiger partial charge in [0.1, 0.15) is 5.56 Å². The van der Waals surface area contributed by atoms with Gasteiger partial charge in [0.05, 0.1) is 12.3 Å². The smallest absolute Gasteiger partial charge is 0.420 e. The Hall–Kier alpha value is -2.71. The van der Waals surface area contributed by atoms with Crippen molar-refractivity contribution in [3.63, 3.8) is 0 Å². The highest BCUT2D eigenvalue weighted by atomic mass is 19.4. The minimum atomic E-state index is -4.80. The Morgan fingerprint density at radius 2 is 2.12 bits per heavy atom. The molecule has 0 radical (unpaired) electrons. The molecule has 9 heteroatoms. The number of halogens is 3. The summed E-state index contributed by atoms with van der Waals surface area (Å²) in [5.41, 5.74) is -2.08. The summed E-state index contributed by atoms with van der Waals surface area (Å²) in [6, 6.07) is 4.58. The number of aryl methyl sites for hydroxylation is 1. The third-order valence-electron chi connectivity index (χ3n) is 3.45. The lowest BCUT2D eigenvalue weighted by Crippen LogP contribution is -2.15. The molecular weight excluding hydrogens is 329 g/mol. The molecule has 0 aliphatic carbocycles. The Morgan fingerprint density at radius 1 is 1.38 bits per heavy atom. The van der Waals surface area contributed by atoms with Crippen LogP contribution < -0.4 is 9.47 Å². The second-order valence-electron chi connectivity index (χ2n) is 4.95. The van der Waals surface area contributed by atoms with Crippen LogP contribution in [-0.4, -0.2) is 29.1 Å². The van der Waals surface area contributed by atoms with Crippen LogP contribution in [0.5, 0.6) is 11.5 Å². The average molecular weight is 342 g/mol. The highest BCUT2D eigenvalue weighted by molar-refractivity contribution is 5.92. The first-order valence-electron chi connectivity index (χ1n) is 7.05. The first-order valence-corrected chi connectivity index (χ1v) is 7.05.